The van der Waals surface area contributed by atoms with Crippen molar-refractivity contribution in [1.82, 2.24) is 0 Å². The van der Waals surface area contributed by atoms with E-state index in [1.165, 1.54) is 0 Å². The van der Waals surface area contributed by atoms with Crippen LogP contribution in [0.15, 0.2) is 24.3 Å². The molecule has 0 saturated carbocycles. The van der Waals surface area contributed by atoms with E-state index >= 15 is 0 Å². The Morgan fingerprint density at radius 3 is 2.46 bits per heavy atom. The van der Waals surface area contributed by atoms with Crippen LogP contribution in [0.4, 0.5) is 0 Å². The van der Waals surface area contributed by atoms with Gasteiger partial charge in [0.05, 0.1) is 0 Å². The minimum Gasteiger partial charge on any atom is -0.508 e. The minimum atomic E-state index is 0.268. The Labute approximate surface area is 78.2 Å². The maximum Gasteiger partial charge on any atom is 0.120 e. The van der Waals surface area contributed by atoms with Gasteiger partial charge in [0, 0.05) is 6.42 Å². The average molecular weight is 178 g/mol. The minimum absolute atomic E-state index is 0.268. The Hall–Kier alpha value is -1.31. The molecule has 0 spiro atoms. The number of carbonyl (C=O) groups is 1. The summed E-state index contributed by atoms with van der Waals surface area (Å²) < 4.78 is 0. The number of benzene rings is 1. The first-order valence-corrected chi connectivity index (χ1v) is 4.50. The van der Waals surface area contributed by atoms with Crippen LogP contribution >= 0.6 is 0 Å². The lowest BCUT2D eigenvalue weighted by Crippen LogP contribution is -1.97. The molecule has 2 nitrogen and oxygen atoms in total. The molecule has 0 aromatic heterocycles. The predicted molar refractivity (Wildman–Crippen MR) is 51.8 cm³/mol. The molecule has 0 aliphatic heterocycles. The number of aldehydes is 1. The highest BCUT2D eigenvalue weighted by Gasteiger charge is 2.07. The van der Waals surface area contributed by atoms with Crippen LogP contribution in [0.25, 0.3) is 0 Å². The Morgan fingerprint density at radius 2 is 2.00 bits per heavy atom. The number of hydrogen-bond acceptors (Lipinski definition) is 2. The van der Waals surface area contributed by atoms with E-state index in [1.807, 2.05) is 12.1 Å². The molecule has 1 atom stereocenters. The van der Waals surface area contributed by atoms with Crippen LogP contribution in [0.3, 0.4) is 0 Å². The highest BCUT2D eigenvalue weighted by molar-refractivity contribution is 5.51. The molecule has 1 unspecified atom stereocenters. The van der Waals surface area contributed by atoms with Crippen molar-refractivity contribution in [3.05, 3.63) is 29.8 Å². The first kappa shape index (κ1) is 9.78. The van der Waals surface area contributed by atoms with Crippen molar-refractivity contribution in [3.8, 4) is 5.75 Å². The summed E-state index contributed by atoms with van der Waals surface area (Å²) in [7, 11) is 0. The van der Waals surface area contributed by atoms with Crippen LogP contribution in [-0.2, 0) is 4.79 Å². The number of rotatable bonds is 4. The van der Waals surface area contributed by atoms with Gasteiger partial charge in [-0.3, -0.25) is 0 Å². The lowest BCUT2D eigenvalue weighted by Gasteiger charge is -2.11. The summed E-state index contributed by atoms with van der Waals surface area (Å²) in [6.45, 7) is 2.06. The fourth-order valence-corrected chi connectivity index (χ4v) is 1.40. The third-order valence-corrected chi connectivity index (χ3v) is 2.24. The van der Waals surface area contributed by atoms with Crippen molar-refractivity contribution >= 4 is 6.29 Å². The second-order valence-corrected chi connectivity index (χ2v) is 3.10. The zero-order chi connectivity index (χ0) is 9.68. The molecule has 1 rings (SSSR count). The third kappa shape index (κ3) is 2.58. The monoisotopic (exact) mass is 178 g/mol. The average Bonchev–Trinajstić information content (AvgIpc) is 2.16. The van der Waals surface area contributed by atoms with Gasteiger partial charge >= 0.3 is 0 Å². The first-order valence-electron chi connectivity index (χ1n) is 4.50. The van der Waals surface area contributed by atoms with Gasteiger partial charge in [0.15, 0.2) is 0 Å². The molecule has 0 fully saturated rings. The SMILES string of the molecule is CCC(CC=O)c1ccc(O)cc1. The quantitative estimate of drug-likeness (QED) is 0.719. The fraction of sp³-hybridized carbons (Fsp3) is 0.364. The highest BCUT2D eigenvalue weighted by Crippen LogP contribution is 2.23. The fourth-order valence-electron chi connectivity index (χ4n) is 1.40. The lowest BCUT2D eigenvalue weighted by molar-refractivity contribution is -0.108. The Balaban J connectivity index is 2.78. The smallest absolute Gasteiger partial charge is 0.120 e. The standard InChI is InChI=1S/C11H14O2/c1-2-9(7-8-12)10-3-5-11(13)6-4-10/h3-6,8-9,13H,2,7H2,1H3. The second-order valence-electron chi connectivity index (χ2n) is 3.10. The summed E-state index contributed by atoms with van der Waals surface area (Å²) in [5.74, 6) is 0.558. The van der Waals surface area contributed by atoms with Crippen molar-refractivity contribution in [3.63, 3.8) is 0 Å². The molecule has 0 aliphatic rings. The summed E-state index contributed by atoms with van der Waals surface area (Å²) >= 11 is 0. The molecule has 0 heterocycles. The molecular weight excluding hydrogens is 164 g/mol. The van der Waals surface area contributed by atoms with Crippen molar-refractivity contribution < 1.29 is 9.90 Å². The van der Waals surface area contributed by atoms with Gasteiger partial charge in [0.2, 0.25) is 0 Å². The summed E-state index contributed by atoms with van der Waals surface area (Å²) in [6, 6.07) is 7.05. The lowest BCUT2D eigenvalue weighted by atomic mass is 9.94. The molecule has 0 aliphatic carbocycles. The van der Waals surface area contributed by atoms with Gasteiger partial charge in [-0.05, 0) is 30.0 Å². The van der Waals surface area contributed by atoms with E-state index < -0.39 is 0 Å². The van der Waals surface area contributed by atoms with E-state index in [9.17, 15) is 4.79 Å². The zero-order valence-corrected chi connectivity index (χ0v) is 7.73. The summed E-state index contributed by atoms with van der Waals surface area (Å²) in [6.07, 6.45) is 2.45. The van der Waals surface area contributed by atoms with E-state index in [-0.39, 0.29) is 11.7 Å². The van der Waals surface area contributed by atoms with Crippen molar-refractivity contribution in [1.29, 1.82) is 0 Å². The topological polar surface area (TPSA) is 37.3 Å². The van der Waals surface area contributed by atoms with Crippen molar-refractivity contribution in [2.24, 2.45) is 0 Å². The Kier molecular flexibility index (Phi) is 3.50. The zero-order valence-electron chi connectivity index (χ0n) is 7.73. The maximum absolute atomic E-state index is 10.4. The number of aromatic hydroxyl groups is 1. The van der Waals surface area contributed by atoms with Gasteiger partial charge in [-0.25, -0.2) is 0 Å². The number of phenols is 1. The molecule has 1 aromatic carbocycles. The Bertz CT molecular complexity index is 264. The van der Waals surface area contributed by atoms with Crippen molar-refractivity contribution in [2.45, 2.75) is 25.7 Å². The molecule has 0 bridgehead atoms. The molecule has 13 heavy (non-hydrogen) atoms. The Morgan fingerprint density at radius 1 is 1.38 bits per heavy atom. The highest BCUT2D eigenvalue weighted by atomic mass is 16.3. The molecule has 2 heteroatoms. The molecule has 70 valence electrons. The van der Waals surface area contributed by atoms with Crippen LogP contribution in [-0.4, -0.2) is 11.4 Å². The van der Waals surface area contributed by atoms with E-state index in [4.69, 9.17) is 5.11 Å². The molecular formula is C11H14O2. The second kappa shape index (κ2) is 4.65. The molecule has 0 amide bonds. The van der Waals surface area contributed by atoms with Gasteiger partial charge in [0.1, 0.15) is 12.0 Å². The molecule has 1 N–H and O–H groups in total. The normalized spacial score (nSPS) is 12.4. The largest absolute Gasteiger partial charge is 0.508 e. The molecule has 0 radical (unpaired) electrons. The van der Waals surface area contributed by atoms with E-state index in [0.717, 1.165) is 18.3 Å². The summed E-state index contributed by atoms with van der Waals surface area (Å²) in [5, 5.41) is 9.07. The summed E-state index contributed by atoms with van der Waals surface area (Å²) in [5.41, 5.74) is 1.12. The maximum atomic E-state index is 10.4. The van der Waals surface area contributed by atoms with E-state index in [1.54, 1.807) is 12.1 Å². The summed E-state index contributed by atoms with van der Waals surface area (Å²) in [4.78, 5) is 10.4. The number of hydrogen-bond donors (Lipinski definition) is 1. The number of carbonyl (C=O) groups excluding carboxylic acids is 1. The van der Waals surface area contributed by atoms with E-state index in [2.05, 4.69) is 6.92 Å². The van der Waals surface area contributed by atoms with Gasteiger partial charge in [-0.15, -0.1) is 0 Å². The van der Waals surface area contributed by atoms with Crippen LogP contribution in [0, 0.1) is 0 Å². The predicted octanol–water partition coefficient (Wildman–Crippen LogP) is 2.47. The van der Waals surface area contributed by atoms with Gasteiger partial charge in [-0.2, -0.15) is 0 Å². The third-order valence-electron chi connectivity index (χ3n) is 2.24. The molecule has 1 aromatic rings. The van der Waals surface area contributed by atoms with Gasteiger partial charge < -0.3 is 9.90 Å². The first-order chi connectivity index (χ1) is 6.27. The van der Waals surface area contributed by atoms with Crippen molar-refractivity contribution in [2.75, 3.05) is 0 Å². The molecule has 0 saturated heterocycles. The van der Waals surface area contributed by atoms with Gasteiger partial charge in [0.25, 0.3) is 0 Å². The van der Waals surface area contributed by atoms with Gasteiger partial charge in [-0.1, -0.05) is 19.1 Å². The van der Waals surface area contributed by atoms with Crippen LogP contribution < -0.4 is 0 Å². The van der Waals surface area contributed by atoms with Crippen LogP contribution in [0.5, 0.6) is 5.75 Å². The van der Waals surface area contributed by atoms with E-state index in [0.29, 0.717) is 6.42 Å². The van der Waals surface area contributed by atoms with Crippen LogP contribution in [0.1, 0.15) is 31.2 Å². The van der Waals surface area contributed by atoms with Crippen LogP contribution in [0.2, 0.25) is 0 Å². The number of phenolic OH excluding ortho intramolecular Hbond substituents is 1.